The highest BCUT2D eigenvalue weighted by Gasteiger charge is 2.48. The summed E-state index contributed by atoms with van der Waals surface area (Å²) in [5.74, 6) is 0. The molecule has 0 spiro atoms. The number of carbonyl (C=O) groups is 1. The highest BCUT2D eigenvalue weighted by molar-refractivity contribution is 7.80. The largest absolute Gasteiger partial charge is 0.323 e. The maximum atomic E-state index is 12.1. The molecule has 0 aliphatic carbocycles. The predicted octanol–water partition coefficient (Wildman–Crippen LogP) is 2.91. The third-order valence-corrected chi connectivity index (χ3v) is 4.22. The molecule has 1 aliphatic heterocycles. The molecule has 2 aromatic rings. The van der Waals surface area contributed by atoms with Crippen molar-refractivity contribution in [1.29, 1.82) is 0 Å². The van der Waals surface area contributed by atoms with E-state index >= 15 is 0 Å². The number of urea groups is 1. The van der Waals surface area contributed by atoms with E-state index in [0.717, 1.165) is 11.1 Å². The molecule has 4 heteroatoms. The Hall–Kier alpha value is -2.20. The Morgan fingerprint density at radius 3 is 1.75 bits per heavy atom. The van der Waals surface area contributed by atoms with Crippen LogP contribution < -0.4 is 5.32 Å². The van der Waals surface area contributed by atoms with Crippen LogP contribution in [0, 0.1) is 0 Å². The van der Waals surface area contributed by atoms with E-state index in [1.54, 1.807) is 7.05 Å². The first-order valence-corrected chi connectivity index (χ1v) is 6.78. The van der Waals surface area contributed by atoms with E-state index in [9.17, 15) is 4.79 Å². The van der Waals surface area contributed by atoms with E-state index < -0.39 is 5.54 Å². The Kier molecular flexibility index (Phi) is 3.03. The Morgan fingerprint density at radius 1 is 0.950 bits per heavy atom. The molecular formula is C16H14N2OS. The van der Waals surface area contributed by atoms with Gasteiger partial charge in [0, 0.05) is 7.05 Å². The van der Waals surface area contributed by atoms with Gasteiger partial charge in [-0.2, -0.15) is 0 Å². The molecule has 1 N–H and O–H groups in total. The van der Waals surface area contributed by atoms with Crippen molar-refractivity contribution in [3.8, 4) is 0 Å². The van der Waals surface area contributed by atoms with E-state index in [0.29, 0.717) is 4.99 Å². The van der Waals surface area contributed by atoms with Crippen molar-refractivity contribution in [3.05, 3.63) is 71.8 Å². The topological polar surface area (TPSA) is 32.3 Å². The SMILES string of the molecule is CN1C(=O)NC(c2ccccc2)(c2ccccc2)C1=S. The zero-order valence-corrected chi connectivity index (χ0v) is 11.9. The summed E-state index contributed by atoms with van der Waals surface area (Å²) in [6, 6.07) is 19.5. The van der Waals surface area contributed by atoms with Crippen LogP contribution in [0.1, 0.15) is 11.1 Å². The van der Waals surface area contributed by atoms with Crippen LogP contribution >= 0.6 is 12.2 Å². The monoisotopic (exact) mass is 282 g/mol. The Balaban J connectivity index is 2.25. The molecule has 20 heavy (non-hydrogen) atoms. The van der Waals surface area contributed by atoms with Crippen LogP contribution in [0.25, 0.3) is 0 Å². The van der Waals surface area contributed by atoms with E-state index in [-0.39, 0.29) is 6.03 Å². The highest BCUT2D eigenvalue weighted by Crippen LogP contribution is 2.36. The van der Waals surface area contributed by atoms with E-state index in [1.165, 1.54) is 4.90 Å². The molecule has 1 aliphatic rings. The lowest BCUT2D eigenvalue weighted by Gasteiger charge is -2.30. The maximum absolute atomic E-state index is 12.1. The molecule has 100 valence electrons. The molecule has 1 heterocycles. The lowest BCUT2D eigenvalue weighted by atomic mass is 9.83. The van der Waals surface area contributed by atoms with Crippen LogP contribution in [0.2, 0.25) is 0 Å². The molecule has 1 fully saturated rings. The molecule has 3 rings (SSSR count). The van der Waals surface area contributed by atoms with Crippen molar-refractivity contribution in [2.24, 2.45) is 0 Å². The Labute approximate surface area is 123 Å². The average molecular weight is 282 g/mol. The third-order valence-electron chi connectivity index (χ3n) is 3.64. The second-order valence-electron chi connectivity index (χ2n) is 4.78. The molecule has 0 atom stereocenters. The number of nitrogens with one attached hydrogen (secondary N) is 1. The number of benzene rings is 2. The zero-order chi connectivity index (χ0) is 14.2. The summed E-state index contributed by atoms with van der Waals surface area (Å²) in [7, 11) is 1.70. The van der Waals surface area contributed by atoms with Crippen molar-refractivity contribution in [3.63, 3.8) is 0 Å². The second-order valence-corrected chi connectivity index (χ2v) is 5.16. The van der Waals surface area contributed by atoms with Crippen molar-refractivity contribution in [2.45, 2.75) is 5.54 Å². The van der Waals surface area contributed by atoms with Gasteiger partial charge in [-0.1, -0.05) is 72.9 Å². The summed E-state index contributed by atoms with van der Waals surface area (Å²) in [4.78, 5) is 14.1. The third kappa shape index (κ3) is 1.72. The van der Waals surface area contributed by atoms with Crippen molar-refractivity contribution < 1.29 is 4.79 Å². The fourth-order valence-electron chi connectivity index (χ4n) is 2.58. The summed E-state index contributed by atoms with van der Waals surface area (Å²) in [6.45, 7) is 0. The molecule has 2 aromatic carbocycles. The van der Waals surface area contributed by atoms with Crippen LogP contribution in [-0.4, -0.2) is 23.0 Å². The molecule has 0 aromatic heterocycles. The second kappa shape index (κ2) is 4.72. The van der Waals surface area contributed by atoms with Crippen LogP contribution in [0.5, 0.6) is 0 Å². The number of hydrogen-bond acceptors (Lipinski definition) is 2. The van der Waals surface area contributed by atoms with Crippen LogP contribution in [0.4, 0.5) is 4.79 Å². The van der Waals surface area contributed by atoms with Gasteiger partial charge in [-0.15, -0.1) is 0 Å². The van der Waals surface area contributed by atoms with Crippen LogP contribution in [-0.2, 0) is 5.54 Å². The van der Waals surface area contributed by atoms with Gasteiger partial charge in [0.15, 0.2) is 0 Å². The molecule has 0 saturated carbocycles. The lowest BCUT2D eigenvalue weighted by molar-refractivity contribution is 0.231. The Morgan fingerprint density at radius 2 is 1.40 bits per heavy atom. The predicted molar refractivity (Wildman–Crippen MR) is 82.6 cm³/mol. The van der Waals surface area contributed by atoms with E-state index in [1.807, 2.05) is 60.7 Å². The first-order chi connectivity index (χ1) is 9.66. The normalized spacial score (nSPS) is 17.1. The molecule has 0 unspecified atom stereocenters. The van der Waals surface area contributed by atoms with Crippen molar-refractivity contribution >= 4 is 23.2 Å². The fraction of sp³-hybridized carbons (Fsp3) is 0.125. The number of nitrogens with zero attached hydrogens (tertiary/aromatic N) is 1. The molecule has 0 bridgehead atoms. The average Bonchev–Trinajstić information content (AvgIpc) is 2.74. The standard InChI is InChI=1S/C16H14N2OS/c1-18-14(20)16(17-15(18)19,12-8-4-2-5-9-12)13-10-6-3-7-11-13/h2-11H,1H3,(H,17,19). The quantitative estimate of drug-likeness (QED) is 0.859. The zero-order valence-electron chi connectivity index (χ0n) is 11.0. The lowest BCUT2D eigenvalue weighted by Crippen LogP contribution is -2.44. The van der Waals surface area contributed by atoms with Gasteiger partial charge in [0.1, 0.15) is 10.5 Å². The number of amides is 2. The maximum Gasteiger partial charge on any atom is 0.323 e. The van der Waals surface area contributed by atoms with Crippen molar-refractivity contribution in [1.82, 2.24) is 10.2 Å². The van der Waals surface area contributed by atoms with Gasteiger partial charge in [-0.25, -0.2) is 4.79 Å². The molecule has 2 amide bonds. The summed E-state index contributed by atoms with van der Waals surface area (Å²) >= 11 is 5.56. The number of hydrogen-bond donors (Lipinski definition) is 1. The van der Waals surface area contributed by atoms with Gasteiger partial charge >= 0.3 is 6.03 Å². The fourth-order valence-corrected chi connectivity index (χ4v) is 2.95. The van der Waals surface area contributed by atoms with Gasteiger partial charge in [0.2, 0.25) is 0 Å². The van der Waals surface area contributed by atoms with Gasteiger partial charge in [-0.05, 0) is 11.1 Å². The smallest absolute Gasteiger partial charge is 0.318 e. The number of thiocarbonyl (C=S) groups is 1. The summed E-state index contributed by atoms with van der Waals surface area (Å²) in [5, 5.41) is 3.05. The highest BCUT2D eigenvalue weighted by atomic mass is 32.1. The molecular weight excluding hydrogens is 268 g/mol. The number of likely N-dealkylation sites (N-methyl/N-ethyl adjacent to an activating group) is 1. The molecule has 3 nitrogen and oxygen atoms in total. The van der Waals surface area contributed by atoms with Gasteiger partial charge in [0.25, 0.3) is 0 Å². The number of carbonyl (C=O) groups excluding carboxylic acids is 1. The Bertz CT molecular complexity index is 615. The number of rotatable bonds is 2. The van der Waals surface area contributed by atoms with Gasteiger partial charge in [0.05, 0.1) is 0 Å². The molecule has 1 saturated heterocycles. The summed E-state index contributed by atoms with van der Waals surface area (Å²) in [5.41, 5.74) is 1.17. The van der Waals surface area contributed by atoms with Crippen molar-refractivity contribution in [2.75, 3.05) is 7.05 Å². The van der Waals surface area contributed by atoms with Gasteiger partial charge < -0.3 is 5.32 Å². The van der Waals surface area contributed by atoms with E-state index in [2.05, 4.69) is 5.32 Å². The summed E-state index contributed by atoms with van der Waals surface area (Å²) < 4.78 is 0. The minimum Gasteiger partial charge on any atom is -0.318 e. The van der Waals surface area contributed by atoms with E-state index in [4.69, 9.17) is 12.2 Å². The summed E-state index contributed by atoms with van der Waals surface area (Å²) in [6.07, 6.45) is 0. The minimum atomic E-state index is -0.760. The van der Waals surface area contributed by atoms with Crippen LogP contribution in [0.15, 0.2) is 60.7 Å². The van der Waals surface area contributed by atoms with Crippen LogP contribution in [0.3, 0.4) is 0 Å². The van der Waals surface area contributed by atoms with Gasteiger partial charge in [-0.3, -0.25) is 4.90 Å². The minimum absolute atomic E-state index is 0.178. The first kappa shape index (κ1) is 12.8. The molecule has 0 radical (unpaired) electrons. The first-order valence-electron chi connectivity index (χ1n) is 6.37.